The van der Waals surface area contributed by atoms with Crippen molar-refractivity contribution in [2.75, 3.05) is 13.7 Å². The molecule has 0 bridgehead atoms. The maximum absolute atomic E-state index is 12.8. The Morgan fingerprint density at radius 3 is 2.68 bits per heavy atom. The number of nitrogens with zero attached hydrogens (tertiary/aromatic N) is 1. The minimum absolute atomic E-state index is 0.146. The molecule has 0 saturated heterocycles. The molecule has 4 amide bonds. The van der Waals surface area contributed by atoms with E-state index in [0.29, 0.717) is 29.1 Å². The van der Waals surface area contributed by atoms with Gasteiger partial charge in [0.05, 0.1) is 13.7 Å². The van der Waals surface area contributed by atoms with Crippen LogP contribution in [0.15, 0.2) is 42.5 Å². The fourth-order valence-electron chi connectivity index (χ4n) is 3.19. The molecule has 2 aromatic rings. The van der Waals surface area contributed by atoms with Crippen molar-refractivity contribution in [3.05, 3.63) is 64.7 Å². The second kappa shape index (κ2) is 9.59. The summed E-state index contributed by atoms with van der Waals surface area (Å²) < 4.78 is 5.19. The number of carbonyl (C=O) groups is 3. The van der Waals surface area contributed by atoms with E-state index in [4.69, 9.17) is 10.1 Å². The van der Waals surface area contributed by atoms with E-state index in [1.807, 2.05) is 11.4 Å². The lowest BCUT2D eigenvalue weighted by Crippen LogP contribution is -2.46. The number of rotatable bonds is 6. The summed E-state index contributed by atoms with van der Waals surface area (Å²) in [5.74, 6) is 6.36. The number of fused-ring (bicyclic) bond motifs is 1. The van der Waals surface area contributed by atoms with E-state index in [1.165, 1.54) is 7.11 Å². The molecule has 0 saturated carbocycles. The van der Waals surface area contributed by atoms with Crippen LogP contribution in [-0.2, 0) is 11.3 Å². The van der Waals surface area contributed by atoms with Crippen molar-refractivity contribution in [2.24, 2.45) is 0 Å². The van der Waals surface area contributed by atoms with Crippen molar-refractivity contribution in [2.45, 2.75) is 19.5 Å². The Kier molecular flexibility index (Phi) is 6.67. The van der Waals surface area contributed by atoms with Gasteiger partial charge in [-0.15, -0.1) is 0 Å². The van der Waals surface area contributed by atoms with Gasteiger partial charge in [-0.05, 0) is 42.3 Å². The molecule has 0 spiro atoms. The van der Waals surface area contributed by atoms with Crippen molar-refractivity contribution >= 4 is 24.1 Å². The Balaban J connectivity index is 1.78. The zero-order valence-electron chi connectivity index (χ0n) is 17.2. The van der Waals surface area contributed by atoms with E-state index in [0.717, 1.165) is 11.1 Å². The highest BCUT2D eigenvalue weighted by atomic mass is 16.5. The lowest BCUT2D eigenvalue weighted by molar-refractivity contribution is -0.108. The zero-order valence-corrected chi connectivity index (χ0v) is 17.2. The van der Waals surface area contributed by atoms with Crippen LogP contribution in [0.1, 0.15) is 34.0 Å². The topological polar surface area (TPSA) is 112 Å². The van der Waals surface area contributed by atoms with Gasteiger partial charge in [-0.25, -0.2) is 4.79 Å². The molecule has 1 aliphatic heterocycles. The fraction of sp³-hybridized carbons (Fsp3) is 0.217. The van der Waals surface area contributed by atoms with Crippen molar-refractivity contribution in [3.63, 3.8) is 0 Å². The molecule has 8 heteroatoms. The number of hydrogen-bond acceptors (Lipinski definition) is 5. The van der Waals surface area contributed by atoms with Gasteiger partial charge in [0, 0.05) is 23.4 Å². The van der Waals surface area contributed by atoms with Crippen LogP contribution in [0.25, 0.3) is 0 Å². The number of nitrogens with one attached hydrogen (secondary N) is 3. The molecule has 1 aliphatic rings. The van der Waals surface area contributed by atoms with Crippen molar-refractivity contribution in [1.82, 2.24) is 15.5 Å². The van der Waals surface area contributed by atoms with E-state index in [9.17, 15) is 14.4 Å². The van der Waals surface area contributed by atoms with Gasteiger partial charge in [-0.2, -0.15) is 0 Å². The number of benzene rings is 2. The lowest BCUT2D eigenvalue weighted by Gasteiger charge is -2.21. The second-order valence-electron chi connectivity index (χ2n) is 6.97. The minimum Gasteiger partial charge on any atom is -0.497 e. The second-order valence-corrected chi connectivity index (χ2v) is 6.97. The van der Waals surface area contributed by atoms with Crippen LogP contribution in [0.5, 0.6) is 5.75 Å². The normalized spacial score (nSPS) is 12.8. The van der Waals surface area contributed by atoms with Crippen LogP contribution in [0.2, 0.25) is 0 Å². The summed E-state index contributed by atoms with van der Waals surface area (Å²) >= 11 is 0. The van der Waals surface area contributed by atoms with Crippen molar-refractivity contribution in [1.29, 1.82) is 5.41 Å². The average Bonchev–Trinajstić information content (AvgIpc) is 3.07. The molecule has 158 valence electrons. The van der Waals surface area contributed by atoms with Crippen LogP contribution in [0.3, 0.4) is 0 Å². The van der Waals surface area contributed by atoms with Crippen molar-refractivity contribution in [3.8, 4) is 17.6 Å². The third-order valence-electron chi connectivity index (χ3n) is 4.80. The summed E-state index contributed by atoms with van der Waals surface area (Å²) in [5.41, 5.74) is 3.37. The minimum atomic E-state index is -0.704. The molecule has 0 aliphatic carbocycles. The highest BCUT2D eigenvalue weighted by Gasteiger charge is 2.29. The first-order chi connectivity index (χ1) is 14.9. The Hall–Kier alpha value is -4.12. The molecule has 1 heterocycles. The first kappa shape index (κ1) is 21.6. The molecule has 8 nitrogen and oxygen atoms in total. The number of methoxy groups -OCH3 is 1. The SMILES string of the molecule is COc1ccc2c(c1)C(=O)N(C[C@@H](C#Cc1ccc(C(C)=N)cc1)NC(=O)NC=O)C2. The van der Waals surface area contributed by atoms with Gasteiger partial charge in [0.2, 0.25) is 6.41 Å². The average molecular weight is 418 g/mol. The third-order valence-corrected chi connectivity index (χ3v) is 4.80. The molecular weight excluding hydrogens is 396 g/mol. The summed E-state index contributed by atoms with van der Waals surface area (Å²) in [7, 11) is 1.54. The van der Waals surface area contributed by atoms with E-state index in [1.54, 1.807) is 48.2 Å². The molecular formula is C23H22N4O4. The first-order valence-electron chi connectivity index (χ1n) is 9.55. The maximum Gasteiger partial charge on any atom is 0.322 e. The number of imide groups is 1. The van der Waals surface area contributed by atoms with Crippen LogP contribution in [-0.4, -0.2) is 48.7 Å². The molecule has 0 radical (unpaired) electrons. The monoisotopic (exact) mass is 418 g/mol. The van der Waals surface area contributed by atoms with Gasteiger partial charge < -0.3 is 20.4 Å². The number of carbonyl (C=O) groups excluding carboxylic acids is 3. The van der Waals surface area contributed by atoms with E-state index in [2.05, 4.69) is 17.2 Å². The van der Waals surface area contributed by atoms with E-state index < -0.39 is 12.1 Å². The molecule has 2 aromatic carbocycles. The number of ether oxygens (including phenoxy) is 1. The summed E-state index contributed by atoms with van der Waals surface area (Å²) in [5, 5.41) is 12.3. The predicted octanol–water partition coefficient (Wildman–Crippen LogP) is 1.91. The largest absolute Gasteiger partial charge is 0.497 e. The quantitative estimate of drug-likeness (QED) is 0.378. The van der Waals surface area contributed by atoms with Crippen LogP contribution in [0.4, 0.5) is 4.79 Å². The Bertz CT molecular complexity index is 1080. The number of amides is 4. The van der Waals surface area contributed by atoms with Gasteiger partial charge >= 0.3 is 6.03 Å². The van der Waals surface area contributed by atoms with Gasteiger partial charge in [-0.3, -0.25) is 14.9 Å². The smallest absolute Gasteiger partial charge is 0.322 e. The fourth-order valence-corrected chi connectivity index (χ4v) is 3.19. The number of urea groups is 1. The Morgan fingerprint density at radius 2 is 2.03 bits per heavy atom. The van der Waals surface area contributed by atoms with Gasteiger partial charge in [0.25, 0.3) is 5.91 Å². The summed E-state index contributed by atoms with van der Waals surface area (Å²) in [6, 6.07) is 11.1. The molecule has 0 unspecified atom stereocenters. The van der Waals surface area contributed by atoms with Gasteiger partial charge in [0.1, 0.15) is 11.8 Å². The summed E-state index contributed by atoms with van der Waals surface area (Å²) in [6.07, 6.45) is 0.279. The lowest BCUT2D eigenvalue weighted by atomic mass is 10.1. The molecule has 0 fully saturated rings. The highest BCUT2D eigenvalue weighted by Crippen LogP contribution is 2.26. The molecule has 3 rings (SSSR count). The predicted molar refractivity (Wildman–Crippen MR) is 115 cm³/mol. The Morgan fingerprint density at radius 1 is 1.29 bits per heavy atom. The third kappa shape index (κ3) is 5.28. The van der Waals surface area contributed by atoms with Gasteiger partial charge in [-0.1, -0.05) is 30.0 Å². The van der Waals surface area contributed by atoms with Crippen molar-refractivity contribution < 1.29 is 19.1 Å². The maximum atomic E-state index is 12.8. The molecule has 1 atom stereocenters. The van der Waals surface area contributed by atoms with Crippen LogP contribution in [0, 0.1) is 17.3 Å². The molecule has 31 heavy (non-hydrogen) atoms. The van der Waals surface area contributed by atoms with Gasteiger partial charge in [0.15, 0.2) is 0 Å². The van der Waals surface area contributed by atoms with Crippen LogP contribution < -0.4 is 15.4 Å². The zero-order chi connectivity index (χ0) is 22.4. The standard InChI is InChI=1S/C23H22N4O4/c1-15(24)17-6-3-16(4-7-17)5-9-19(26-23(30)25-14-28)13-27-12-18-8-10-20(31-2)11-21(18)22(27)29/h3-4,6-8,10-11,14,19,24H,12-13H2,1-2H3,(H2,25,26,28,30)/t19-/m1/s1. The van der Waals surface area contributed by atoms with E-state index >= 15 is 0 Å². The summed E-state index contributed by atoms with van der Waals surface area (Å²) in [4.78, 5) is 36.8. The molecule has 0 aromatic heterocycles. The first-order valence-corrected chi connectivity index (χ1v) is 9.55. The molecule has 3 N–H and O–H groups in total. The number of hydrogen-bond donors (Lipinski definition) is 3. The van der Waals surface area contributed by atoms with E-state index in [-0.39, 0.29) is 18.9 Å². The Labute approximate surface area is 180 Å². The summed E-state index contributed by atoms with van der Waals surface area (Å²) in [6.45, 7) is 2.24. The van der Waals surface area contributed by atoms with Crippen LogP contribution >= 0.6 is 0 Å². The highest BCUT2D eigenvalue weighted by molar-refractivity contribution is 5.99.